The number of fused-ring (bicyclic) bond motifs is 2. The van der Waals surface area contributed by atoms with Gasteiger partial charge in [-0.3, -0.25) is 9.78 Å². The van der Waals surface area contributed by atoms with Gasteiger partial charge in [0.15, 0.2) is 0 Å². The van der Waals surface area contributed by atoms with E-state index in [1.165, 1.54) is 0 Å². The molecule has 1 N–H and O–H groups in total. The summed E-state index contributed by atoms with van der Waals surface area (Å²) in [7, 11) is 0. The predicted molar refractivity (Wildman–Crippen MR) is 76.5 cm³/mol. The number of nitrogens with one attached hydrogen (secondary N) is 1. The second kappa shape index (κ2) is 4.55. The van der Waals surface area contributed by atoms with Crippen LogP contribution in [-0.4, -0.2) is 24.1 Å². The van der Waals surface area contributed by atoms with E-state index < -0.39 is 5.41 Å². The van der Waals surface area contributed by atoms with Crippen LogP contribution in [0.2, 0.25) is 0 Å². The molecule has 1 aromatic heterocycles. The topological polar surface area (TPSA) is 51.2 Å². The first-order chi connectivity index (χ1) is 9.62. The second-order valence-corrected chi connectivity index (χ2v) is 5.87. The number of carbonyl (C=O) groups is 1. The zero-order valence-electron chi connectivity index (χ0n) is 12.5. The second-order valence-electron chi connectivity index (χ2n) is 5.87. The summed E-state index contributed by atoms with van der Waals surface area (Å²) in [6.45, 7) is 7.36. The predicted octanol–water partition coefficient (Wildman–Crippen LogP) is 2.06. The Morgan fingerprint density at radius 1 is 1.25 bits per heavy atom. The van der Waals surface area contributed by atoms with E-state index in [1.54, 1.807) is 0 Å². The van der Waals surface area contributed by atoms with Crippen LogP contribution in [0.4, 0.5) is 0 Å². The Balaban J connectivity index is 2.23. The van der Waals surface area contributed by atoms with E-state index in [2.05, 4.69) is 38.2 Å². The minimum Gasteiger partial charge on any atom is -0.376 e. The number of hydrogen-bond acceptors (Lipinski definition) is 3. The molecule has 0 aromatic carbocycles. The zero-order valence-corrected chi connectivity index (χ0v) is 12.5. The van der Waals surface area contributed by atoms with Gasteiger partial charge in [-0.15, -0.1) is 0 Å². The summed E-state index contributed by atoms with van der Waals surface area (Å²) in [5.41, 5.74) is 2.37. The Hall–Kier alpha value is -1.42. The van der Waals surface area contributed by atoms with Crippen LogP contribution in [0.15, 0.2) is 12.1 Å². The highest BCUT2D eigenvalue weighted by atomic mass is 16.5. The largest absolute Gasteiger partial charge is 0.376 e. The van der Waals surface area contributed by atoms with Gasteiger partial charge in [-0.05, 0) is 25.3 Å². The van der Waals surface area contributed by atoms with Crippen LogP contribution in [0, 0.1) is 0 Å². The number of pyridine rings is 1. The van der Waals surface area contributed by atoms with Crippen LogP contribution in [0.5, 0.6) is 0 Å². The van der Waals surface area contributed by atoms with Gasteiger partial charge in [-0.2, -0.15) is 0 Å². The normalized spacial score (nSPS) is 22.1. The molecule has 4 nitrogen and oxygen atoms in total. The molecule has 1 spiro atoms. The van der Waals surface area contributed by atoms with Gasteiger partial charge in [-0.1, -0.05) is 26.8 Å². The van der Waals surface area contributed by atoms with Crippen molar-refractivity contribution in [1.82, 2.24) is 10.3 Å². The molecule has 0 saturated carbocycles. The molecule has 1 amide bonds. The van der Waals surface area contributed by atoms with Crippen molar-refractivity contribution in [3.63, 3.8) is 0 Å². The zero-order chi connectivity index (χ0) is 14.4. The number of nitrogens with zero attached hydrogens (tertiary/aromatic N) is 1. The SMILES string of the molecule is CCc1ccc2c(n1)C(CC)(CC)C(=O)NC21COC1. The van der Waals surface area contributed by atoms with Crippen molar-refractivity contribution in [3.8, 4) is 0 Å². The number of hydrogen-bond donors (Lipinski definition) is 1. The molecule has 4 heteroatoms. The molecule has 2 aliphatic heterocycles. The molecule has 2 aliphatic rings. The van der Waals surface area contributed by atoms with Crippen molar-refractivity contribution < 1.29 is 9.53 Å². The monoisotopic (exact) mass is 274 g/mol. The molecule has 20 heavy (non-hydrogen) atoms. The van der Waals surface area contributed by atoms with E-state index in [-0.39, 0.29) is 11.4 Å². The highest BCUT2D eigenvalue weighted by Gasteiger charge is 2.54. The summed E-state index contributed by atoms with van der Waals surface area (Å²) >= 11 is 0. The summed E-state index contributed by atoms with van der Waals surface area (Å²) in [6.07, 6.45) is 2.45. The molecule has 0 unspecified atom stereocenters. The standard InChI is InChI=1S/C16H22N2O2/c1-4-11-7-8-12-13(17-11)15(5-2,6-3)14(19)18-16(12)9-20-10-16/h7-8H,4-6,9-10H2,1-3H3,(H,18,19). The van der Waals surface area contributed by atoms with Gasteiger partial charge in [-0.25, -0.2) is 0 Å². The molecule has 3 rings (SSSR count). The van der Waals surface area contributed by atoms with Crippen molar-refractivity contribution in [1.29, 1.82) is 0 Å². The fourth-order valence-electron chi connectivity index (χ4n) is 3.40. The minimum atomic E-state index is -0.485. The van der Waals surface area contributed by atoms with Crippen molar-refractivity contribution in [2.75, 3.05) is 13.2 Å². The Morgan fingerprint density at radius 2 is 1.95 bits per heavy atom. The maximum atomic E-state index is 12.7. The van der Waals surface area contributed by atoms with Crippen LogP contribution in [0.1, 0.15) is 50.6 Å². The fourth-order valence-corrected chi connectivity index (χ4v) is 3.40. The smallest absolute Gasteiger partial charge is 0.233 e. The summed E-state index contributed by atoms with van der Waals surface area (Å²) < 4.78 is 5.37. The molecule has 1 aromatic rings. The van der Waals surface area contributed by atoms with E-state index >= 15 is 0 Å². The number of ether oxygens (including phenoxy) is 1. The van der Waals surface area contributed by atoms with Gasteiger partial charge in [0.2, 0.25) is 5.91 Å². The summed E-state index contributed by atoms with van der Waals surface area (Å²) in [5, 5.41) is 3.21. The number of amides is 1. The van der Waals surface area contributed by atoms with Crippen molar-refractivity contribution in [2.24, 2.45) is 0 Å². The van der Waals surface area contributed by atoms with Crippen LogP contribution in [0.25, 0.3) is 0 Å². The van der Waals surface area contributed by atoms with Crippen molar-refractivity contribution >= 4 is 5.91 Å². The number of carbonyl (C=O) groups excluding carboxylic acids is 1. The van der Waals surface area contributed by atoms with E-state index in [0.29, 0.717) is 13.2 Å². The molecule has 0 aliphatic carbocycles. The lowest BCUT2D eigenvalue weighted by Gasteiger charge is -2.50. The number of aryl methyl sites for hydroxylation is 1. The summed E-state index contributed by atoms with van der Waals surface area (Å²) in [5.74, 6) is 0.110. The molecule has 0 radical (unpaired) electrons. The van der Waals surface area contributed by atoms with Gasteiger partial charge >= 0.3 is 0 Å². The lowest BCUT2D eigenvalue weighted by molar-refractivity contribution is -0.143. The third kappa shape index (κ3) is 1.57. The van der Waals surface area contributed by atoms with Crippen molar-refractivity contribution in [3.05, 3.63) is 29.1 Å². The van der Waals surface area contributed by atoms with E-state index in [0.717, 1.165) is 36.2 Å². The molecule has 3 heterocycles. The van der Waals surface area contributed by atoms with E-state index in [4.69, 9.17) is 9.72 Å². The molecular formula is C16H22N2O2. The van der Waals surface area contributed by atoms with Crippen LogP contribution in [0.3, 0.4) is 0 Å². The molecule has 1 fully saturated rings. The average molecular weight is 274 g/mol. The molecule has 0 atom stereocenters. The minimum absolute atomic E-state index is 0.110. The Kier molecular flexibility index (Phi) is 3.09. The van der Waals surface area contributed by atoms with Gasteiger partial charge in [0.05, 0.1) is 24.3 Å². The van der Waals surface area contributed by atoms with Crippen LogP contribution >= 0.6 is 0 Å². The van der Waals surface area contributed by atoms with Gasteiger partial charge in [0.1, 0.15) is 5.54 Å². The highest BCUT2D eigenvalue weighted by Crippen LogP contribution is 2.44. The first kappa shape index (κ1) is 13.6. The number of aromatic nitrogens is 1. The lowest BCUT2D eigenvalue weighted by atomic mass is 9.68. The highest BCUT2D eigenvalue weighted by molar-refractivity contribution is 5.91. The van der Waals surface area contributed by atoms with E-state index in [1.807, 2.05) is 0 Å². The van der Waals surface area contributed by atoms with Crippen LogP contribution in [-0.2, 0) is 26.9 Å². The van der Waals surface area contributed by atoms with Gasteiger partial charge in [0, 0.05) is 11.3 Å². The molecule has 108 valence electrons. The first-order valence-electron chi connectivity index (χ1n) is 7.53. The Bertz CT molecular complexity index is 545. The summed E-state index contributed by atoms with van der Waals surface area (Å²) in [4.78, 5) is 17.6. The van der Waals surface area contributed by atoms with Crippen LogP contribution < -0.4 is 5.32 Å². The Labute approximate surface area is 119 Å². The average Bonchev–Trinajstić information content (AvgIpc) is 2.44. The lowest BCUT2D eigenvalue weighted by Crippen LogP contribution is -2.67. The maximum absolute atomic E-state index is 12.7. The first-order valence-corrected chi connectivity index (χ1v) is 7.53. The molecule has 1 saturated heterocycles. The Morgan fingerprint density at radius 3 is 2.45 bits per heavy atom. The third-order valence-electron chi connectivity index (χ3n) is 4.98. The maximum Gasteiger partial charge on any atom is 0.233 e. The molecular weight excluding hydrogens is 252 g/mol. The van der Waals surface area contributed by atoms with Gasteiger partial charge in [0.25, 0.3) is 0 Å². The quantitative estimate of drug-likeness (QED) is 0.918. The fraction of sp³-hybridized carbons (Fsp3) is 0.625. The van der Waals surface area contributed by atoms with Crippen molar-refractivity contribution in [2.45, 2.75) is 51.0 Å². The van der Waals surface area contributed by atoms with Gasteiger partial charge < -0.3 is 10.1 Å². The van der Waals surface area contributed by atoms with E-state index in [9.17, 15) is 4.79 Å². The summed E-state index contributed by atoms with van der Waals surface area (Å²) in [6, 6.07) is 4.22. The third-order valence-corrected chi connectivity index (χ3v) is 4.98. The molecule has 0 bridgehead atoms. The number of rotatable bonds is 3.